The van der Waals surface area contributed by atoms with E-state index in [-0.39, 0.29) is 11.3 Å². The molecule has 1 aromatic carbocycles. The van der Waals surface area contributed by atoms with Gasteiger partial charge in [0, 0.05) is 29.6 Å². The lowest BCUT2D eigenvalue weighted by atomic mass is 9.60. The lowest BCUT2D eigenvalue weighted by Crippen LogP contribution is -2.53. The molecule has 2 unspecified atom stereocenters. The Morgan fingerprint density at radius 3 is 2.34 bits per heavy atom. The summed E-state index contributed by atoms with van der Waals surface area (Å²) in [5.41, 5.74) is 4.89. The van der Waals surface area contributed by atoms with Crippen LogP contribution < -0.4 is 10.6 Å². The largest absolute Gasteiger partial charge is 0.460 e. The molecule has 0 radical (unpaired) electrons. The number of thioether (sulfide) groups is 1. The van der Waals surface area contributed by atoms with E-state index in [4.69, 9.17) is 10.5 Å². The van der Waals surface area contributed by atoms with Crippen molar-refractivity contribution in [2.24, 2.45) is 23.0 Å². The Morgan fingerprint density at radius 1 is 1.22 bits per heavy atom. The average Bonchev–Trinajstić information content (AvgIpc) is 2.77. The van der Waals surface area contributed by atoms with Gasteiger partial charge in [-0.25, -0.2) is 0 Å². The van der Waals surface area contributed by atoms with E-state index in [2.05, 4.69) is 11.0 Å². The molecule has 0 saturated carbocycles. The van der Waals surface area contributed by atoms with Gasteiger partial charge >= 0.3 is 5.97 Å². The number of rotatable bonds is 3. The number of carbonyl (C=O) groups excluding carboxylic acids is 1. The molecule has 2 aliphatic rings. The molecule has 164 valence electrons. The Labute approximate surface area is 192 Å². The number of hydrogen-bond acceptors (Lipinski definition) is 8. The number of allylic oxidation sites excluding steroid dienone is 2. The predicted octanol–water partition coefficient (Wildman–Crippen LogP) is 3.51. The summed E-state index contributed by atoms with van der Waals surface area (Å²) in [7, 11) is 0. The third-order valence-corrected chi connectivity index (χ3v) is 6.51. The third-order valence-electron chi connectivity index (χ3n) is 5.76. The summed E-state index contributed by atoms with van der Waals surface area (Å²) in [6, 6.07) is 14.0. The fourth-order valence-electron chi connectivity index (χ4n) is 4.28. The minimum atomic E-state index is -1.98. The number of ether oxygens (including phenoxy) is 1. The highest BCUT2D eigenvalue weighted by Gasteiger charge is 2.58. The standard InChI is InChI=1S/C24H25N5O2S/c1-23(2,3)31-22(30)20-19-12-29(15-5-7-16(32-4)8-6-15)10-9-17(19)18(11-25)21(28)24(20,13-26)14-27/h5-9,19-20H,10,12,28H2,1-4H3. The molecule has 0 saturated heterocycles. The zero-order valence-corrected chi connectivity index (χ0v) is 19.4. The van der Waals surface area contributed by atoms with Gasteiger partial charge < -0.3 is 15.4 Å². The number of esters is 1. The number of anilines is 1. The number of nitriles is 3. The molecule has 0 bridgehead atoms. The molecule has 2 atom stereocenters. The number of nitrogens with two attached hydrogens (primary N) is 1. The monoisotopic (exact) mass is 447 g/mol. The van der Waals surface area contributed by atoms with Gasteiger partial charge in [0.25, 0.3) is 0 Å². The maximum Gasteiger partial charge on any atom is 0.313 e. The maximum atomic E-state index is 13.3. The minimum absolute atomic E-state index is 0.107. The van der Waals surface area contributed by atoms with Gasteiger partial charge in [-0.2, -0.15) is 15.8 Å². The van der Waals surface area contributed by atoms with Gasteiger partial charge in [0.1, 0.15) is 17.6 Å². The number of hydrogen-bond donors (Lipinski definition) is 1. The second-order valence-electron chi connectivity index (χ2n) is 8.81. The van der Waals surface area contributed by atoms with Crippen LogP contribution in [0.5, 0.6) is 0 Å². The van der Waals surface area contributed by atoms with E-state index < -0.39 is 28.8 Å². The van der Waals surface area contributed by atoms with Gasteiger partial charge in [-0.1, -0.05) is 6.08 Å². The van der Waals surface area contributed by atoms with E-state index in [1.165, 1.54) is 0 Å². The van der Waals surface area contributed by atoms with Crippen LogP contribution >= 0.6 is 11.8 Å². The van der Waals surface area contributed by atoms with E-state index in [9.17, 15) is 20.6 Å². The quantitative estimate of drug-likeness (QED) is 0.551. The molecule has 0 aromatic heterocycles. The van der Waals surface area contributed by atoms with Gasteiger partial charge in [-0.15, -0.1) is 11.8 Å². The van der Waals surface area contributed by atoms with Crippen LogP contribution in [0.2, 0.25) is 0 Å². The second-order valence-corrected chi connectivity index (χ2v) is 9.69. The molecule has 0 spiro atoms. The Balaban J connectivity index is 2.14. The van der Waals surface area contributed by atoms with Gasteiger partial charge in [-0.05, 0) is 56.9 Å². The molecule has 7 nitrogen and oxygen atoms in total. The van der Waals surface area contributed by atoms with Crippen LogP contribution in [0.1, 0.15) is 20.8 Å². The highest BCUT2D eigenvalue weighted by Crippen LogP contribution is 2.50. The van der Waals surface area contributed by atoms with Gasteiger partial charge in [0.05, 0.1) is 23.4 Å². The topological polar surface area (TPSA) is 127 Å². The normalized spacial score (nSPS) is 22.0. The SMILES string of the molecule is CSc1ccc(N2CC=C3C(C#N)=C(N)C(C#N)(C#N)C(C(=O)OC(C)(C)C)C3C2)cc1. The zero-order chi connectivity index (χ0) is 23.7. The summed E-state index contributed by atoms with van der Waals surface area (Å²) in [6.07, 6.45) is 3.86. The molecule has 1 heterocycles. The highest BCUT2D eigenvalue weighted by atomic mass is 32.2. The van der Waals surface area contributed by atoms with Gasteiger partial charge in [0.15, 0.2) is 5.41 Å². The number of benzene rings is 1. The Hall–Kier alpha value is -3.41. The summed E-state index contributed by atoms with van der Waals surface area (Å²) in [5.74, 6) is -2.43. The first-order valence-corrected chi connectivity index (χ1v) is 11.4. The van der Waals surface area contributed by atoms with Crippen molar-refractivity contribution >= 4 is 23.4 Å². The van der Waals surface area contributed by atoms with Gasteiger partial charge in [-0.3, -0.25) is 4.79 Å². The molecular weight excluding hydrogens is 422 g/mol. The van der Waals surface area contributed by atoms with E-state index in [1.54, 1.807) is 32.5 Å². The lowest BCUT2D eigenvalue weighted by molar-refractivity contribution is -0.164. The molecule has 3 rings (SSSR count). The fraction of sp³-hybridized carbons (Fsp3) is 0.417. The molecule has 1 aliphatic heterocycles. The summed E-state index contributed by atoms with van der Waals surface area (Å²) in [6.45, 7) is 6.04. The van der Waals surface area contributed by atoms with Crippen LogP contribution in [-0.4, -0.2) is 30.9 Å². The van der Waals surface area contributed by atoms with Crippen molar-refractivity contribution in [1.29, 1.82) is 15.8 Å². The van der Waals surface area contributed by atoms with Crippen LogP contribution in [0.4, 0.5) is 5.69 Å². The van der Waals surface area contributed by atoms with E-state index in [1.807, 2.05) is 48.7 Å². The molecular formula is C24H25N5O2S. The molecule has 0 amide bonds. The number of carbonyl (C=O) groups is 1. The average molecular weight is 448 g/mol. The van der Waals surface area contributed by atoms with Crippen molar-refractivity contribution in [3.8, 4) is 18.2 Å². The van der Waals surface area contributed by atoms with Crippen LogP contribution in [0, 0.1) is 51.2 Å². The maximum absolute atomic E-state index is 13.3. The van der Waals surface area contributed by atoms with E-state index >= 15 is 0 Å². The van der Waals surface area contributed by atoms with E-state index in [0.29, 0.717) is 18.7 Å². The second kappa shape index (κ2) is 8.61. The van der Waals surface area contributed by atoms with Crippen molar-refractivity contribution in [3.63, 3.8) is 0 Å². The third kappa shape index (κ3) is 3.93. The Morgan fingerprint density at radius 2 is 1.84 bits per heavy atom. The molecule has 0 fully saturated rings. The minimum Gasteiger partial charge on any atom is -0.460 e. The number of fused-ring (bicyclic) bond motifs is 1. The molecule has 8 heteroatoms. The molecule has 1 aliphatic carbocycles. The van der Waals surface area contributed by atoms with Gasteiger partial charge in [0.2, 0.25) is 0 Å². The van der Waals surface area contributed by atoms with E-state index in [0.717, 1.165) is 10.6 Å². The molecule has 1 aromatic rings. The van der Waals surface area contributed by atoms with Crippen molar-refractivity contribution < 1.29 is 9.53 Å². The smallest absolute Gasteiger partial charge is 0.313 e. The van der Waals surface area contributed by atoms with Crippen LogP contribution in [-0.2, 0) is 9.53 Å². The first-order chi connectivity index (χ1) is 15.1. The van der Waals surface area contributed by atoms with Crippen molar-refractivity contribution in [2.45, 2.75) is 31.3 Å². The zero-order valence-electron chi connectivity index (χ0n) is 18.5. The first-order valence-electron chi connectivity index (χ1n) is 10.2. The van der Waals surface area contributed by atoms with Crippen molar-refractivity contribution in [3.05, 3.63) is 47.2 Å². The summed E-state index contributed by atoms with van der Waals surface area (Å²) < 4.78 is 5.62. The summed E-state index contributed by atoms with van der Waals surface area (Å²) >= 11 is 1.64. The lowest BCUT2D eigenvalue weighted by Gasteiger charge is -2.45. The summed E-state index contributed by atoms with van der Waals surface area (Å²) in [4.78, 5) is 16.5. The van der Waals surface area contributed by atoms with Crippen molar-refractivity contribution in [1.82, 2.24) is 0 Å². The van der Waals surface area contributed by atoms with Crippen LogP contribution in [0.25, 0.3) is 0 Å². The highest BCUT2D eigenvalue weighted by molar-refractivity contribution is 7.98. The Bertz CT molecular complexity index is 1100. The predicted molar refractivity (Wildman–Crippen MR) is 122 cm³/mol. The van der Waals surface area contributed by atoms with Crippen LogP contribution in [0.15, 0.2) is 52.1 Å². The van der Waals surface area contributed by atoms with Crippen molar-refractivity contribution in [2.75, 3.05) is 24.2 Å². The molecule has 2 N–H and O–H groups in total. The number of nitrogens with zero attached hydrogens (tertiary/aromatic N) is 4. The molecule has 32 heavy (non-hydrogen) atoms. The first kappa shape index (κ1) is 23.3. The summed E-state index contributed by atoms with van der Waals surface area (Å²) in [5, 5.41) is 29.9. The fourth-order valence-corrected chi connectivity index (χ4v) is 4.69. The van der Waals surface area contributed by atoms with Crippen LogP contribution in [0.3, 0.4) is 0 Å². The Kier molecular flexibility index (Phi) is 6.26.